The van der Waals surface area contributed by atoms with Gasteiger partial charge in [-0.2, -0.15) is 9.78 Å². The normalized spacial score (nSPS) is 24.5. The molecule has 1 aromatic carbocycles. The van der Waals surface area contributed by atoms with Gasteiger partial charge in [-0.3, -0.25) is 4.99 Å². The van der Waals surface area contributed by atoms with Crippen molar-refractivity contribution in [2.75, 3.05) is 38.4 Å². The van der Waals surface area contributed by atoms with E-state index < -0.39 is 12.1 Å². The summed E-state index contributed by atoms with van der Waals surface area (Å²) in [6.45, 7) is 3.98. The minimum absolute atomic E-state index is 0.425. The SMILES string of the molecule is CCN=c1cc2sc3cc(N(C)CN)ccc3nc-2cc1C12OCCOC1OO2. The summed E-state index contributed by atoms with van der Waals surface area (Å²) < 4.78 is 12.7. The molecule has 3 heterocycles. The Kier molecular flexibility index (Phi) is 4.73. The Labute approximate surface area is 171 Å². The minimum Gasteiger partial charge on any atom is -0.362 e. The number of rotatable bonds is 4. The molecule has 2 atom stereocenters. The largest absolute Gasteiger partial charge is 0.362 e. The van der Waals surface area contributed by atoms with Crippen LogP contribution in [0.1, 0.15) is 12.5 Å². The Balaban J connectivity index is 1.69. The van der Waals surface area contributed by atoms with E-state index in [1.54, 1.807) is 11.3 Å². The zero-order valence-corrected chi connectivity index (χ0v) is 17.1. The fourth-order valence-corrected chi connectivity index (χ4v) is 4.59. The number of nitrogens with zero attached hydrogens (tertiary/aromatic N) is 3. The van der Waals surface area contributed by atoms with Crippen molar-refractivity contribution in [2.45, 2.75) is 19.0 Å². The number of aromatic nitrogens is 1. The monoisotopic (exact) mass is 414 g/mol. The zero-order chi connectivity index (χ0) is 20.0. The van der Waals surface area contributed by atoms with Gasteiger partial charge in [-0.05, 0) is 37.3 Å². The molecule has 2 N–H and O–H groups in total. The van der Waals surface area contributed by atoms with E-state index in [-0.39, 0.29) is 0 Å². The number of ether oxygens (including phenoxy) is 2. The summed E-state index contributed by atoms with van der Waals surface area (Å²) in [6, 6.07) is 10.2. The van der Waals surface area contributed by atoms with Gasteiger partial charge in [0.15, 0.2) is 0 Å². The summed E-state index contributed by atoms with van der Waals surface area (Å²) in [4.78, 5) is 23.1. The summed E-state index contributed by atoms with van der Waals surface area (Å²) >= 11 is 1.67. The maximum absolute atomic E-state index is 5.95. The van der Waals surface area contributed by atoms with Crippen molar-refractivity contribution in [3.05, 3.63) is 41.3 Å². The van der Waals surface area contributed by atoms with Crippen molar-refractivity contribution >= 4 is 27.2 Å². The molecule has 1 aliphatic carbocycles. The lowest BCUT2D eigenvalue weighted by Crippen LogP contribution is -2.61. The average molecular weight is 414 g/mol. The predicted octanol–water partition coefficient (Wildman–Crippen LogP) is 2.16. The summed E-state index contributed by atoms with van der Waals surface area (Å²) in [5, 5.41) is 0.798. The second-order valence-corrected chi connectivity index (χ2v) is 8.04. The maximum atomic E-state index is 5.95. The standard InChI is InChI=1S/C20H22N4O4S/c1-3-22-15-10-18-16(9-13(15)20-19(27-28-20)25-6-7-26-20)23-14-5-4-12(24(2)11-21)8-17(14)29-18/h4-5,8-10,19H,3,6-7,11,21H2,1-2H3. The van der Waals surface area contributed by atoms with Crippen LogP contribution in [-0.2, 0) is 25.0 Å². The summed E-state index contributed by atoms with van der Waals surface area (Å²) in [6.07, 6.45) is -0.599. The fraction of sp³-hybridized carbons (Fsp3) is 0.400. The van der Waals surface area contributed by atoms with Crippen LogP contribution in [0.3, 0.4) is 0 Å². The first-order valence-corrected chi connectivity index (χ1v) is 10.4. The molecule has 1 aromatic rings. The lowest BCUT2D eigenvalue weighted by atomic mass is 10.00. The van der Waals surface area contributed by atoms with Crippen molar-refractivity contribution in [1.29, 1.82) is 0 Å². The van der Waals surface area contributed by atoms with Gasteiger partial charge in [0.1, 0.15) is 0 Å². The highest BCUT2D eigenvalue weighted by molar-refractivity contribution is 7.21. The molecular weight excluding hydrogens is 392 g/mol. The van der Waals surface area contributed by atoms with E-state index in [0.717, 1.165) is 37.4 Å². The van der Waals surface area contributed by atoms with Crippen LogP contribution in [0.15, 0.2) is 35.3 Å². The third-order valence-electron chi connectivity index (χ3n) is 5.14. The highest BCUT2D eigenvalue weighted by Gasteiger charge is 2.59. The van der Waals surface area contributed by atoms with Crippen LogP contribution in [-0.4, -0.2) is 44.7 Å². The molecule has 0 bridgehead atoms. The van der Waals surface area contributed by atoms with E-state index in [1.165, 1.54) is 0 Å². The molecule has 0 radical (unpaired) electrons. The number of hydrogen-bond donors (Lipinski definition) is 1. The van der Waals surface area contributed by atoms with Crippen molar-refractivity contribution in [3.8, 4) is 10.6 Å². The number of fused-ring (bicyclic) bond motifs is 3. The molecule has 2 saturated heterocycles. The lowest BCUT2D eigenvalue weighted by Gasteiger charge is -2.48. The topological polar surface area (TPSA) is 91.4 Å². The van der Waals surface area contributed by atoms with Crippen molar-refractivity contribution in [1.82, 2.24) is 4.98 Å². The van der Waals surface area contributed by atoms with E-state index in [2.05, 4.69) is 11.1 Å². The van der Waals surface area contributed by atoms with Gasteiger partial charge in [0.2, 0.25) is 0 Å². The van der Waals surface area contributed by atoms with E-state index in [1.807, 2.05) is 43.1 Å². The maximum Gasteiger partial charge on any atom is 0.284 e. The highest BCUT2D eigenvalue weighted by atomic mass is 32.1. The van der Waals surface area contributed by atoms with Gasteiger partial charge in [-0.25, -0.2) is 4.98 Å². The molecule has 2 unspecified atom stereocenters. The molecule has 4 aliphatic rings. The first-order valence-electron chi connectivity index (χ1n) is 9.55. The molecule has 0 saturated carbocycles. The van der Waals surface area contributed by atoms with Crippen molar-refractivity contribution in [3.63, 3.8) is 0 Å². The van der Waals surface area contributed by atoms with Gasteiger partial charge < -0.3 is 20.1 Å². The van der Waals surface area contributed by atoms with E-state index in [9.17, 15) is 0 Å². The third-order valence-corrected chi connectivity index (χ3v) is 6.23. The van der Waals surface area contributed by atoms with Crippen LogP contribution < -0.4 is 16.0 Å². The number of hydrogen-bond acceptors (Lipinski definition) is 9. The van der Waals surface area contributed by atoms with Gasteiger partial charge in [0.05, 0.1) is 46.0 Å². The Morgan fingerprint density at radius 1 is 1.31 bits per heavy atom. The molecule has 0 amide bonds. The molecule has 9 heteroatoms. The van der Waals surface area contributed by atoms with Crippen LogP contribution in [0.4, 0.5) is 5.69 Å². The van der Waals surface area contributed by atoms with Crippen LogP contribution in [0.2, 0.25) is 0 Å². The Morgan fingerprint density at radius 2 is 2.21 bits per heavy atom. The lowest BCUT2D eigenvalue weighted by molar-refractivity contribution is -0.638. The fourth-order valence-electron chi connectivity index (χ4n) is 3.58. The first-order chi connectivity index (χ1) is 14.1. The molecule has 0 aromatic heterocycles. The average Bonchev–Trinajstić information content (AvgIpc) is 2.72. The zero-order valence-electron chi connectivity index (χ0n) is 16.3. The number of benzene rings is 2. The van der Waals surface area contributed by atoms with Crippen molar-refractivity contribution in [2.24, 2.45) is 10.7 Å². The van der Waals surface area contributed by atoms with Gasteiger partial charge in [0.25, 0.3) is 12.1 Å². The van der Waals surface area contributed by atoms with Crippen LogP contribution in [0.25, 0.3) is 20.8 Å². The predicted molar refractivity (Wildman–Crippen MR) is 109 cm³/mol. The minimum atomic E-state index is -1.09. The molecular formula is C20H22N4O4S. The van der Waals surface area contributed by atoms with Crippen LogP contribution >= 0.6 is 11.3 Å². The second-order valence-electron chi connectivity index (χ2n) is 6.96. The van der Waals surface area contributed by atoms with Crippen LogP contribution in [0, 0.1) is 0 Å². The number of nitrogens with two attached hydrogens (primary N) is 1. The van der Waals surface area contributed by atoms with Crippen molar-refractivity contribution < 1.29 is 19.2 Å². The van der Waals surface area contributed by atoms with Gasteiger partial charge >= 0.3 is 0 Å². The van der Waals surface area contributed by atoms with E-state index >= 15 is 0 Å². The summed E-state index contributed by atoms with van der Waals surface area (Å²) in [5.74, 6) is -1.09. The molecule has 2 fully saturated rings. The molecule has 8 nitrogen and oxygen atoms in total. The number of anilines is 1. The van der Waals surface area contributed by atoms with Gasteiger partial charge in [-0.1, -0.05) is 0 Å². The molecule has 3 aliphatic heterocycles. The highest BCUT2D eigenvalue weighted by Crippen LogP contribution is 2.44. The Bertz CT molecular complexity index is 1100. The molecule has 0 spiro atoms. The Morgan fingerprint density at radius 3 is 2.93 bits per heavy atom. The van der Waals surface area contributed by atoms with Gasteiger partial charge in [-0.15, -0.1) is 11.3 Å². The van der Waals surface area contributed by atoms with E-state index in [0.29, 0.717) is 26.4 Å². The Hall–Kier alpha value is -2.14. The first kappa shape index (κ1) is 18.9. The molecule has 29 heavy (non-hydrogen) atoms. The van der Waals surface area contributed by atoms with E-state index in [4.69, 9.17) is 30.0 Å². The van der Waals surface area contributed by atoms with Gasteiger partial charge in [0, 0.05) is 24.8 Å². The third kappa shape index (κ3) is 3.02. The van der Waals surface area contributed by atoms with Crippen LogP contribution in [0.5, 0.6) is 0 Å². The summed E-state index contributed by atoms with van der Waals surface area (Å²) in [7, 11) is 1.97. The smallest absolute Gasteiger partial charge is 0.284 e. The quantitative estimate of drug-likeness (QED) is 0.397. The molecule has 152 valence electrons. The second kappa shape index (κ2) is 7.28. The summed E-state index contributed by atoms with van der Waals surface area (Å²) in [5.41, 5.74) is 9.37. The molecule has 5 rings (SSSR count).